The first-order chi connectivity index (χ1) is 19.8. The van der Waals surface area contributed by atoms with Gasteiger partial charge in [-0.25, -0.2) is 19.9 Å². The minimum absolute atomic E-state index is 0.565. The third kappa shape index (κ3) is 2.97. The van der Waals surface area contributed by atoms with Crippen molar-refractivity contribution in [1.82, 2.24) is 29.3 Å². The third-order valence-electron chi connectivity index (χ3n) is 7.53. The van der Waals surface area contributed by atoms with Gasteiger partial charge in [0.05, 0.1) is 16.6 Å². The molecule has 0 aliphatic rings. The largest absolute Gasteiger partial charge is 0.423 e. The van der Waals surface area contributed by atoms with Gasteiger partial charge in [-0.05, 0) is 41.1 Å². The summed E-state index contributed by atoms with van der Waals surface area (Å²) in [4.78, 5) is 24.4. The molecule has 0 unspecified atom stereocenters. The van der Waals surface area contributed by atoms with Crippen LogP contribution in [0, 0.1) is 0 Å². The van der Waals surface area contributed by atoms with Crippen molar-refractivity contribution in [2.45, 2.75) is 0 Å². The first-order valence-corrected chi connectivity index (χ1v) is 13.0. The van der Waals surface area contributed by atoms with Gasteiger partial charge < -0.3 is 4.42 Å². The Hall–Kier alpha value is -5.69. The topological polar surface area (TPSA) is 82.0 Å². The Labute approximate surface area is 226 Å². The molecule has 7 nitrogen and oxygen atoms in total. The van der Waals surface area contributed by atoms with E-state index < -0.39 is 0 Å². The number of nitrogens with zero attached hydrogens (tertiary/aromatic N) is 6. The summed E-state index contributed by atoms with van der Waals surface area (Å²) in [5.41, 5.74) is 7.02. The number of oxazole rings is 1. The molecule has 0 fully saturated rings. The third-order valence-corrected chi connectivity index (χ3v) is 7.53. The molecule has 4 heterocycles. The van der Waals surface area contributed by atoms with E-state index in [0.29, 0.717) is 17.5 Å². The first kappa shape index (κ1) is 21.3. The van der Waals surface area contributed by atoms with E-state index >= 15 is 0 Å². The summed E-state index contributed by atoms with van der Waals surface area (Å²) in [6, 6.07) is 32.3. The van der Waals surface area contributed by atoms with E-state index in [4.69, 9.17) is 24.4 Å². The van der Waals surface area contributed by atoms with Crippen LogP contribution in [-0.4, -0.2) is 29.3 Å². The highest BCUT2D eigenvalue weighted by atomic mass is 16.4. The molecule has 0 atom stereocenters. The molecule has 9 rings (SSSR count). The van der Waals surface area contributed by atoms with E-state index in [1.54, 1.807) is 0 Å². The molecule has 0 N–H and O–H groups in total. The molecule has 7 heteroatoms. The fourth-order valence-corrected chi connectivity index (χ4v) is 5.66. The summed E-state index contributed by atoms with van der Waals surface area (Å²) < 4.78 is 8.02. The van der Waals surface area contributed by atoms with Gasteiger partial charge in [-0.1, -0.05) is 66.7 Å². The van der Waals surface area contributed by atoms with E-state index in [9.17, 15) is 0 Å². The van der Waals surface area contributed by atoms with Crippen molar-refractivity contribution in [3.05, 3.63) is 109 Å². The van der Waals surface area contributed by atoms with E-state index in [1.165, 1.54) is 0 Å². The summed E-state index contributed by atoms with van der Waals surface area (Å²) in [6.45, 7) is 0. The minimum atomic E-state index is 0.565. The SMILES string of the molecule is c1ccc(-c2ncc3c4ccccc4c4cnc(-c5ccc6nc7oc8ccccc8n7c6c5)nc4c3n2)cc1. The van der Waals surface area contributed by atoms with Crippen molar-refractivity contribution in [1.29, 1.82) is 0 Å². The molecular weight excluding hydrogens is 496 g/mol. The molecule has 0 saturated carbocycles. The number of benzene rings is 5. The molecule has 40 heavy (non-hydrogen) atoms. The Balaban J connectivity index is 1.32. The Kier molecular flexibility index (Phi) is 4.20. The monoisotopic (exact) mass is 514 g/mol. The molecular formula is C33H18N6O. The van der Waals surface area contributed by atoms with Gasteiger partial charge in [-0.3, -0.25) is 4.40 Å². The van der Waals surface area contributed by atoms with Crippen LogP contribution in [0.3, 0.4) is 0 Å². The number of para-hydroxylation sites is 2. The molecule has 0 bridgehead atoms. The molecule has 0 radical (unpaired) electrons. The number of aromatic nitrogens is 6. The second kappa shape index (κ2) is 7.91. The second-order valence-electron chi connectivity index (χ2n) is 9.83. The Morgan fingerprint density at radius 1 is 0.525 bits per heavy atom. The van der Waals surface area contributed by atoms with Gasteiger partial charge in [0.1, 0.15) is 11.0 Å². The van der Waals surface area contributed by atoms with Gasteiger partial charge in [0.2, 0.25) is 0 Å². The van der Waals surface area contributed by atoms with Gasteiger partial charge in [0.25, 0.3) is 0 Å². The van der Waals surface area contributed by atoms with Crippen molar-refractivity contribution >= 4 is 60.6 Å². The zero-order chi connectivity index (χ0) is 26.2. The van der Waals surface area contributed by atoms with Crippen LogP contribution >= 0.6 is 0 Å². The minimum Gasteiger partial charge on any atom is -0.423 e. The van der Waals surface area contributed by atoms with Crippen LogP contribution in [0.4, 0.5) is 0 Å². The number of fused-ring (bicyclic) bond motifs is 11. The van der Waals surface area contributed by atoms with Crippen LogP contribution in [0.2, 0.25) is 0 Å². The van der Waals surface area contributed by atoms with Crippen molar-refractivity contribution < 1.29 is 4.42 Å². The maximum absolute atomic E-state index is 5.98. The summed E-state index contributed by atoms with van der Waals surface area (Å²) >= 11 is 0. The van der Waals surface area contributed by atoms with Gasteiger partial charge in [0, 0.05) is 34.3 Å². The number of hydrogen-bond acceptors (Lipinski definition) is 6. The molecule has 0 aliphatic heterocycles. The number of hydrogen-bond donors (Lipinski definition) is 0. The Morgan fingerprint density at radius 2 is 1.18 bits per heavy atom. The fourth-order valence-electron chi connectivity index (χ4n) is 5.66. The molecule has 186 valence electrons. The zero-order valence-corrected chi connectivity index (χ0v) is 21.0. The average molecular weight is 515 g/mol. The van der Waals surface area contributed by atoms with Crippen LogP contribution in [-0.2, 0) is 0 Å². The van der Waals surface area contributed by atoms with Gasteiger partial charge in [-0.2, -0.15) is 4.98 Å². The predicted molar refractivity (Wildman–Crippen MR) is 157 cm³/mol. The van der Waals surface area contributed by atoms with Crippen molar-refractivity contribution in [3.63, 3.8) is 0 Å². The normalized spacial score (nSPS) is 12.0. The zero-order valence-electron chi connectivity index (χ0n) is 21.0. The predicted octanol–water partition coefficient (Wildman–Crippen LogP) is 7.61. The van der Waals surface area contributed by atoms with Crippen LogP contribution in [0.15, 0.2) is 114 Å². The molecule has 0 saturated heterocycles. The molecule has 0 spiro atoms. The van der Waals surface area contributed by atoms with E-state index in [-0.39, 0.29) is 0 Å². The van der Waals surface area contributed by atoms with Crippen LogP contribution in [0.1, 0.15) is 0 Å². The molecule has 4 aromatic heterocycles. The quantitative estimate of drug-likeness (QED) is 0.221. The lowest BCUT2D eigenvalue weighted by Gasteiger charge is -2.11. The number of rotatable bonds is 2. The molecule has 0 amide bonds. The maximum Gasteiger partial charge on any atom is 0.307 e. The van der Waals surface area contributed by atoms with Crippen LogP contribution in [0.5, 0.6) is 0 Å². The standard InChI is InChI=1S/C33H18N6O/c1-2-8-19(9-3-1)31-34-17-23-21-10-4-5-11-22(21)24-18-35-32(38-30(24)29(23)37-31)20-14-15-25-27(16-20)39-26-12-6-7-13-28(26)40-33(39)36-25/h1-18H. The first-order valence-electron chi connectivity index (χ1n) is 13.0. The van der Waals surface area contributed by atoms with E-state index in [2.05, 4.69) is 23.2 Å². The van der Waals surface area contributed by atoms with Crippen molar-refractivity contribution in [3.8, 4) is 22.8 Å². The summed E-state index contributed by atoms with van der Waals surface area (Å²) in [5, 5.41) is 4.07. The van der Waals surface area contributed by atoms with Crippen LogP contribution < -0.4 is 0 Å². The van der Waals surface area contributed by atoms with E-state index in [1.807, 2.05) is 95.7 Å². The summed E-state index contributed by atoms with van der Waals surface area (Å²) in [7, 11) is 0. The summed E-state index contributed by atoms with van der Waals surface area (Å²) in [5.74, 6) is 1.85. The molecule has 5 aromatic carbocycles. The van der Waals surface area contributed by atoms with Gasteiger partial charge in [0.15, 0.2) is 17.2 Å². The van der Waals surface area contributed by atoms with E-state index in [0.717, 1.165) is 65.8 Å². The highest BCUT2D eigenvalue weighted by molar-refractivity contribution is 6.23. The molecule has 0 aliphatic carbocycles. The lowest BCUT2D eigenvalue weighted by molar-refractivity contribution is 0.643. The highest BCUT2D eigenvalue weighted by Crippen LogP contribution is 2.35. The van der Waals surface area contributed by atoms with Gasteiger partial charge in [-0.15, -0.1) is 0 Å². The maximum atomic E-state index is 5.98. The smallest absolute Gasteiger partial charge is 0.307 e. The van der Waals surface area contributed by atoms with Crippen molar-refractivity contribution in [2.75, 3.05) is 0 Å². The van der Waals surface area contributed by atoms with Crippen LogP contribution in [0.25, 0.3) is 83.3 Å². The average Bonchev–Trinajstić information content (AvgIpc) is 3.57. The Morgan fingerprint density at radius 3 is 1.93 bits per heavy atom. The summed E-state index contributed by atoms with van der Waals surface area (Å²) in [6.07, 6.45) is 3.82. The van der Waals surface area contributed by atoms with Crippen molar-refractivity contribution in [2.24, 2.45) is 0 Å². The Bertz CT molecular complexity index is 2440. The second-order valence-corrected chi connectivity index (χ2v) is 9.83. The number of imidazole rings is 1. The molecule has 9 aromatic rings. The fraction of sp³-hybridized carbons (Fsp3) is 0. The highest BCUT2D eigenvalue weighted by Gasteiger charge is 2.17. The lowest BCUT2D eigenvalue weighted by atomic mass is 10.0. The lowest BCUT2D eigenvalue weighted by Crippen LogP contribution is -1.96. The van der Waals surface area contributed by atoms with Gasteiger partial charge >= 0.3 is 5.84 Å².